The minimum atomic E-state index is -0.516. The molecular weight excluding hydrogens is 276 g/mol. The summed E-state index contributed by atoms with van der Waals surface area (Å²) in [5.41, 5.74) is 6.16. The number of hydrogen-bond acceptors (Lipinski definition) is 5. The van der Waals surface area contributed by atoms with Crippen molar-refractivity contribution in [1.29, 1.82) is 0 Å². The van der Waals surface area contributed by atoms with Crippen LogP contribution in [0.25, 0.3) is 0 Å². The van der Waals surface area contributed by atoms with E-state index < -0.39 is 4.92 Å². The van der Waals surface area contributed by atoms with Crippen molar-refractivity contribution in [1.82, 2.24) is 9.97 Å². The van der Waals surface area contributed by atoms with Crippen LogP contribution in [0, 0.1) is 17.0 Å². The van der Waals surface area contributed by atoms with Crippen LogP contribution in [0.3, 0.4) is 0 Å². The molecule has 0 saturated heterocycles. The summed E-state index contributed by atoms with van der Waals surface area (Å²) in [4.78, 5) is 31.7. The lowest BCUT2D eigenvalue weighted by Crippen LogP contribution is -2.22. The van der Waals surface area contributed by atoms with Gasteiger partial charge in [0.1, 0.15) is 0 Å². The van der Waals surface area contributed by atoms with Gasteiger partial charge in [-0.3, -0.25) is 19.9 Å². The van der Waals surface area contributed by atoms with Gasteiger partial charge in [-0.15, -0.1) is 0 Å². The maximum atomic E-state index is 11.3. The number of nitro benzene ring substituents is 1. The minimum Gasteiger partial charge on any atom is -0.369 e. The molecule has 9 heteroatoms. The van der Waals surface area contributed by atoms with Crippen LogP contribution in [0.1, 0.15) is 5.69 Å². The van der Waals surface area contributed by atoms with E-state index in [1.165, 1.54) is 24.3 Å². The van der Waals surface area contributed by atoms with E-state index in [2.05, 4.69) is 20.3 Å². The molecule has 0 aliphatic carbocycles. The number of aryl methyl sites for hydroxylation is 1. The van der Waals surface area contributed by atoms with E-state index in [0.29, 0.717) is 11.4 Å². The van der Waals surface area contributed by atoms with E-state index in [1.807, 2.05) is 0 Å². The first-order valence-electron chi connectivity index (χ1n) is 5.87. The van der Waals surface area contributed by atoms with E-state index in [-0.39, 0.29) is 23.2 Å². The lowest BCUT2D eigenvalue weighted by atomic mass is 10.3. The van der Waals surface area contributed by atoms with Crippen molar-refractivity contribution in [2.75, 3.05) is 5.32 Å². The van der Waals surface area contributed by atoms with Crippen LogP contribution >= 0.6 is 0 Å². The molecule has 0 spiro atoms. The molecule has 1 aromatic heterocycles. The zero-order chi connectivity index (χ0) is 15.4. The van der Waals surface area contributed by atoms with Crippen molar-refractivity contribution in [2.45, 2.75) is 6.92 Å². The summed E-state index contributed by atoms with van der Waals surface area (Å²) in [6, 6.07) is 7.11. The second-order valence-electron chi connectivity index (χ2n) is 4.14. The number of aliphatic imine (C=N–C) groups is 1. The monoisotopic (exact) mass is 288 g/mol. The molecule has 0 aliphatic rings. The summed E-state index contributed by atoms with van der Waals surface area (Å²) in [6.07, 6.45) is 0. The first-order chi connectivity index (χ1) is 9.94. The van der Waals surface area contributed by atoms with E-state index in [9.17, 15) is 14.9 Å². The van der Waals surface area contributed by atoms with Gasteiger partial charge in [-0.1, -0.05) is 6.07 Å². The standard InChI is InChI=1S/C12H12N6O3/c1-7-5-10(19)16-12(14-7)17-11(13)15-8-3-2-4-9(6-8)18(20)21/h2-6H,1H3,(H4,13,14,15,16,17,19). The summed E-state index contributed by atoms with van der Waals surface area (Å²) in [5, 5.41) is 13.4. The number of guanidine groups is 1. The highest BCUT2D eigenvalue weighted by molar-refractivity contribution is 5.93. The van der Waals surface area contributed by atoms with Gasteiger partial charge < -0.3 is 11.1 Å². The summed E-state index contributed by atoms with van der Waals surface area (Å²) >= 11 is 0. The van der Waals surface area contributed by atoms with Crippen molar-refractivity contribution in [3.63, 3.8) is 0 Å². The number of aromatic amines is 1. The lowest BCUT2D eigenvalue weighted by molar-refractivity contribution is -0.384. The number of nitrogens with zero attached hydrogens (tertiary/aromatic N) is 3. The number of nitrogens with two attached hydrogens (primary N) is 1. The number of rotatable bonds is 3. The Hall–Kier alpha value is -3.23. The van der Waals surface area contributed by atoms with Crippen molar-refractivity contribution >= 4 is 23.3 Å². The first kappa shape index (κ1) is 14.2. The van der Waals surface area contributed by atoms with Crippen LogP contribution in [-0.4, -0.2) is 20.9 Å². The molecular formula is C12H12N6O3. The van der Waals surface area contributed by atoms with Crippen LogP contribution in [-0.2, 0) is 0 Å². The second-order valence-corrected chi connectivity index (χ2v) is 4.14. The maximum Gasteiger partial charge on any atom is 0.271 e. The number of aromatic nitrogens is 2. The molecule has 0 atom stereocenters. The Morgan fingerprint density at radius 2 is 2.24 bits per heavy atom. The Labute approximate surface area is 118 Å². The summed E-state index contributed by atoms with van der Waals surface area (Å²) < 4.78 is 0. The van der Waals surface area contributed by atoms with Crippen molar-refractivity contribution in [3.8, 4) is 0 Å². The fourth-order valence-electron chi connectivity index (χ4n) is 1.60. The molecule has 0 saturated carbocycles. The van der Waals surface area contributed by atoms with Gasteiger partial charge in [-0.05, 0) is 13.0 Å². The van der Waals surface area contributed by atoms with Crippen molar-refractivity contribution in [2.24, 2.45) is 10.7 Å². The molecule has 1 aromatic carbocycles. The zero-order valence-corrected chi connectivity index (χ0v) is 11.0. The molecule has 2 aromatic rings. The van der Waals surface area contributed by atoms with Gasteiger partial charge in [0, 0.05) is 29.6 Å². The molecule has 2 rings (SSSR count). The smallest absolute Gasteiger partial charge is 0.271 e. The number of nitrogens with one attached hydrogen (secondary N) is 2. The third-order valence-electron chi connectivity index (χ3n) is 2.41. The average molecular weight is 288 g/mol. The molecule has 21 heavy (non-hydrogen) atoms. The third kappa shape index (κ3) is 3.86. The summed E-state index contributed by atoms with van der Waals surface area (Å²) in [7, 11) is 0. The molecule has 4 N–H and O–H groups in total. The molecule has 9 nitrogen and oxygen atoms in total. The van der Waals surface area contributed by atoms with Crippen molar-refractivity contribution in [3.05, 3.63) is 56.5 Å². The van der Waals surface area contributed by atoms with E-state index in [0.717, 1.165) is 0 Å². The van der Waals surface area contributed by atoms with E-state index in [4.69, 9.17) is 5.73 Å². The van der Waals surface area contributed by atoms with Gasteiger partial charge in [0.25, 0.3) is 11.2 Å². The van der Waals surface area contributed by atoms with Gasteiger partial charge in [0.15, 0.2) is 0 Å². The molecule has 0 bridgehead atoms. The molecule has 0 amide bonds. The van der Waals surface area contributed by atoms with Gasteiger partial charge in [-0.25, -0.2) is 4.98 Å². The normalized spacial score (nSPS) is 11.2. The Kier molecular flexibility index (Phi) is 3.93. The molecule has 0 fully saturated rings. The highest BCUT2D eigenvalue weighted by atomic mass is 16.6. The molecule has 0 radical (unpaired) electrons. The van der Waals surface area contributed by atoms with Gasteiger partial charge in [0.05, 0.1) is 4.92 Å². The van der Waals surface area contributed by atoms with Crippen LogP contribution in [0.4, 0.5) is 17.3 Å². The first-order valence-corrected chi connectivity index (χ1v) is 5.87. The number of anilines is 1. The fraction of sp³-hybridized carbons (Fsp3) is 0.0833. The number of hydrogen-bond donors (Lipinski definition) is 3. The Balaban J connectivity index is 2.22. The largest absolute Gasteiger partial charge is 0.369 e. The summed E-state index contributed by atoms with van der Waals surface area (Å²) in [5.74, 6) is -0.000297. The molecule has 1 heterocycles. The molecule has 108 valence electrons. The number of benzene rings is 1. The van der Waals surface area contributed by atoms with Crippen molar-refractivity contribution < 1.29 is 4.92 Å². The average Bonchev–Trinajstić information content (AvgIpc) is 2.37. The zero-order valence-electron chi connectivity index (χ0n) is 11.0. The van der Waals surface area contributed by atoms with Gasteiger partial charge in [-0.2, -0.15) is 4.99 Å². The predicted octanol–water partition coefficient (Wildman–Crippen LogP) is 1.04. The molecule has 0 unspecified atom stereocenters. The van der Waals surface area contributed by atoms with Crippen LogP contribution in [0.2, 0.25) is 0 Å². The SMILES string of the molecule is Cc1cc(=O)[nH]c(N=C(N)Nc2cccc([N+](=O)[O-])c2)n1. The Bertz CT molecular complexity index is 768. The maximum absolute atomic E-state index is 11.3. The van der Waals surface area contributed by atoms with Gasteiger partial charge in [0.2, 0.25) is 11.9 Å². The Morgan fingerprint density at radius 3 is 2.90 bits per heavy atom. The molecule has 0 aliphatic heterocycles. The third-order valence-corrected chi connectivity index (χ3v) is 2.41. The number of H-pyrrole nitrogens is 1. The van der Waals surface area contributed by atoms with Crippen LogP contribution in [0.15, 0.2) is 40.1 Å². The second kappa shape index (κ2) is 5.82. The highest BCUT2D eigenvalue weighted by Crippen LogP contribution is 2.16. The van der Waals surface area contributed by atoms with Gasteiger partial charge >= 0.3 is 0 Å². The predicted molar refractivity (Wildman–Crippen MR) is 77.6 cm³/mol. The summed E-state index contributed by atoms with van der Waals surface area (Å²) in [6.45, 7) is 1.65. The number of nitro groups is 1. The van der Waals surface area contributed by atoms with E-state index >= 15 is 0 Å². The van der Waals surface area contributed by atoms with E-state index in [1.54, 1.807) is 13.0 Å². The fourth-order valence-corrected chi connectivity index (χ4v) is 1.60. The lowest BCUT2D eigenvalue weighted by Gasteiger charge is -2.05. The Morgan fingerprint density at radius 1 is 1.48 bits per heavy atom. The van der Waals surface area contributed by atoms with Crippen LogP contribution in [0.5, 0.6) is 0 Å². The quantitative estimate of drug-likeness (QED) is 0.334. The minimum absolute atomic E-state index is 0.0513. The van der Waals surface area contributed by atoms with Crippen LogP contribution < -0.4 is 16.6 Å². The number of non-ortho nitro benzene ring substituents is 1. The highest BCUT2D eigenvalue weighted by Gasteiger charge is 2.06. The topological polar surface area (TPSA) is 139 Å².